The van der Waals surface area contributed by atoms with Crippen molar-refractivity contribution < 1.29 is 9.18 Å². The quantitative estimate of drug-likeness (QED) is 0.797. The van der Waals surface area contributed by atoms with Crippen LogP contribution in [0.15, 0.2) is 48.8 Å². The molecule has 2 heterocycles. The Labute approximate surface area is 130 Å². The molecule has 110 valence electrons. The molecule has 0 aliphatic heterocycles. The van der Waals surface area contributed by atoms with Crippen LogP contribution in [0, 0.1) is 12.7 Å². The molecule has 3 rings (SSSR count). The van der Waals surface area contributed by atoms with Gasteiger partial charge < -0.3 is 5.32 Å². The molecule has 0 saturated heterocycles. The lowest BCUT2D eigenvalue weighted by Crippen LogP contribution is -2.13. The van der Waals surface area contributed by atoms with Crippen molar-refractivity contribution >= 4 is 22.9 Å². The fraction of sp³-hybridized carbons (Fsp3) is 0.0625. The first-order chi connectivity index (χ1) is 10.6. The summed E-state index contributed by atoms with van der Waals surface area (Å²) in [7, 11) is 0. The molecular formula is C16H12FN3OS. The van der Waals surface area contributed by atoms with Crippen LogP contribution in [0.25, 0.3) is 10.4 Å². The van der Waals surface area contributed by atoms with E-state index in [0.29, 0.717) is 11.4 Å². The molecule has 1 N–H and O–H groups in total. The van der Waals surface area contributed by atoms with Crippen LogP contribution < -0.4 is 5.32 Å². The molecule has 0 aliphatic rings. The van der Waals surface area contributed by atoms with Crippen LogP contribution in [0.1, 0.15) is 15.5 Å². The highest BCUT2D eigenvalue weighted by Gasteiger charge is 2.18. The fourth-order valence-corrected chi connectivity index (χ4v) is 2.93. The van der Waals surface area contributed by atoms with Crippen LogP contribution in [-0.2, 0) is 0 Å². The Hall–Kier alpha value is -2.60. The van der Waals surface area contributed by atoms with Crippen LogP contribution in [-0.4, -0.2) is 15.9 Å². The van der Waals surface area contributed by atoms with E-state index < -0.39 is 0 Å². The van der Waals surface area contributed by atoms with E-state index in [1.54, 1.807) is 36.7 Å². The van der Waals surface area contributed by atoms with Gasteiger partial charge in [-0.05, 0) is 36.8 Å². The Kier molecular flexibility index (Phi) is 3.93. The zero-order chi connectivity index (χ0) is 15.5. The Balaban J connectivity index is 1.94. The number of carbonyl (C=O) groups excluding carboxylic acids is 1. The summed E-state index contributed by atoms with van der Waals surface area (Å²) in [5.74, 6) is -0.622. The second kappa shape index (κ2) is 6.03. The number of hydrogen-bond donors (Lipinski definition) is 1. The van der Waals surface area contributed by atoms with Gasteiger partial charge in [-0.1, -0.05) is 12.1 Å². The van der Waals surface area contributed by atoms with Gasteiger partial charge in [0.25, 0.3) is 5.91 Å². The van der Waals surface area contributed by atoms with Crippen molar-refractivity contribution in [2.24, 2.45) is 0 Å². The van der Waals surface area contributed by atoms with E-state index in [-0.39, 0.29) is 11.7 Å². The van der Waals surface area contributed by atoms with Gasteiger partial charge >= 0.3 is 0 Å². The zero-order valence-corrected chi connectivity index (χ0v) is 12.5. The average Bonchev–Trinajstić information content (AvgIpc) is 2.91. The monoisotopic (exact) mass is 313 g/mol. The Morgan fingerprint density at radius 2 is 2.00 bits per heavy atom. The van der Waals surface area contributed by atoms with Crippen LogP contribution in [0.4, 0.5) is 10.1 Å². The number of nitrogens with one attached hydrogen (secondary N) is 1. The Morgan fingerprint density at radius 3 is 2.68 bits per heavy atom. The maximum Gasteiger partial charge on any atom is 0.275 e. The summed E-state index contributed by atoms with van der Waals surface area (Å²) < 4.78 is 13.1. The molecule has 0 unspecified atom stereocenters. The van der Waals surface area contributed by atoms with E-state index >= 15 is 0 Å². The predicted molar refractivity (Wildman–Crippen MR) is 84.4 cm³/mol. The largest absolute Gasteiger partial charge is 0.319 e. The third kappa shape index (κ3) is 3.01. The fourth-order valence-electron chi connectivity index (χ4n) is 2.00. The summed E-state index contributed by atoms with van der Waals surface area (Å²) in [5.41, 5.74) is 1.70. The molecule has 2 aromatic heterocycles. The molecule has 0 aliphatic carbocycles. The van der Waals surface area contributed by atoms with E-state index in [9.17, 15) is 9.18 Å². The smallest absolute Gasteiger partial charge is 0.275 e. The van der Waals surface area contributed by atoms with E-state index in [2.05, 4.69) is 15.3 Å². The summed E-state index contributed by atoms with van der Waals surface area (Å²) in [5, 5.41) is 3.54. The van der Waals surface area contributed by atoms with Crippen LogP contribution in [0.3, 0.4) is 0 Å². The maximum atomic E-state index is 13.1. The standard InChI is InChI=1S/C16H12FN3OS/c1-10-19-14(16(21)20-13-3-2-8-18-9-13)15(22-10)11-4-6-12(17)7-5-11/h2-9H,1H3,(H,20,21). The first kappa shape index (κ1) is 14.3. The number of carbonyl (C=O) groups is 1. The second-order valence-electron chi connectivity index (χ2n) is 4.61. The van der Waals surface area contributed by atoms with Crippen molar-refractivity contribution in [3.8, 4) is 10.4 Å². The number of aryl methyl sites for hydroxylation is 1. The summed E-state index contributed by atoms with van der Waals surface area (Å²) in [6.45, 7) is 1.83. The number of anilines is 1. The molecular weight excluding hydrogens is 301 g/mol. The van der Waals surface area contributed by atoms with Crippen molar-refractivity contribution in [2.45, 2.75) is 6.92 Å². The molecule has 0 fully saturated rings. The van der Waals surface area contributed by atoms with E-state index in [0.717, 1.165) is 15.4 Å². The normalized spacial score (nSPS) is 10.5. The van der Waals surface area contributed by atoms with Gasteiger partial charge in [0.05, 0.1) is 21.8 Å². The van der Waals surface area contributed by atoms with Gasteiger partial charge in [-0.3, -0.25) is 9.78 Å². The summed E-state index contributed by atoms with van der Waals surface area (Å²) >= 11 is 1.40. The molecule has 0 spiro atoms. The number of benzene rings is 1. The Bertz CT molecular complexity index is 800. The molecule has 1 aromatic carbocycles. The first-order valence-corrected chi connectivity index (χ1v) is 7.40. The minimum atomic E-state index is -0.314. The minimum absolute atomic E-state index is 0.309. The molecule has 22 heavy (non-hydrogen) atoms. The first-order valence-electron chi connectivity index (χ1n) is 6.58. The van der Waals surface area contributed by atoms with Crippen molar-refractivity contribution in [3.05, 3.63) is 65.3 Å². The number of halogens is 1. The van der Waals surface area contributed by atoms with Gasteiger partial charge in [0, 0.05) is 6.20 Å². The predicted octanol–water partition coefficient (Wildman–Crippen LogP) is 3.90. The molecule has 0 saturated carbocycles. The molecule has 6 heteroatoms. The third-order valence-corrected chi connectivity index (χ3v) is 3.99. The second-order valence-corrected chi connectivity index (χ2v) is 5.82. The molecule has 0 radical (unpaired) electrons. The number of nitrogens with zero attached hydrogens (tertiary/aromatic N) is 2. The lowest BCUT2D eigenvalue weighted by molar-refractivity contribution is 0.102. The molecule has 1 amide bonds. The van der Waals surface area contributed by atoms with Crippen LogP contribution in [0.5, 0.6) is 0 Å². The lowest BCUT2D eigenvalue weighted by Gasteiger charge is -2.05. The highest BCUT2D eigenvalue weighted by Crippen LogP contribution is 2.30. The van der Waals surface area contributed by atoms with Crippen molar-refractivity contribution in [3.63, 3.8) is 0 Å². The van der Waals surface area contributed by atoms with Gasteiger partial charge in [0.1, 0.15) is 11.5 Å². The van der Waals surface area contributed by atoms with Gasteiger partial charge in [0.2, 0.25) is 0 Å². The van der Waals surface area contributed by atoms with Crippen LogP contribution >= 0.6 is 11.3 Å². The minimum Gasteiger partial charge on any atom is -0.319 e. The highest BCUT2D eigenvalue weighted by molar-refractivity contribution is 7.15. The zero-order valence-electron chi connectivity index (χ0n) is 11.7. The number of thiazole rings is 1. The van der Waals surface area contributed by atoms with Crippen molar-refractivity contribution in [1.82, 2.24) is 9.97 Å². The van der Waals surface area contributed by atoms with Crippen molar-refractivity contribution in [2.75, 3.05) is 5.32 Å². The van der Waals surface area contributed by atoms with Crippen molar-refractivity contribution in [1.29, 1.82) is 0 Å². The summed E-state index contributed by atoms with van der Waals surface area (Å²) in [6, 6.07) is 9.51. The summed E-state index contributed by atoms with van der Waals surface area (Å²) in [6.07, 6.45) is 3.20. The number of rotatable bonds is 3. The molecule has 0 atom stereocenters. The molecule has 0 bridgehead atoms. The van der Waals surface area contributed by atoms with E-state index in [1.165, 1.54) is 23.5 Å². The van der Waals surface area contributed by atoms with Gasteiger partial charge in [0.15, 0.2) is 0 Å². The third-order valence-electron chi connectivity index (χ3n) is 2.97. The molecule has 4 nitrogen and oxygen atoms in total. The van der Waals surface area contributed by atoms with Gasteiger partial charge in [-0.25, -0.2) is 9.37 Å². The van der Waals surface area contributed by atoms with Gasteiger partial charge in [-0.15, -0.1) is 11.3 Å². The lowest BCUT2D eigenvalue weighted by atomic mass is 10.1. The summed E-state index contributed by atoms with van der Waals surface area (Å²) in [4.78, 5) is 21.4. The number of hydrogen-bond acceptors (Lipinski definition) is 4. The topological polar surface area (TPSA) is 54.9 Å². The van der Waals surface area contributed by atoms with Gasteiger partial charge in [-0.2, -0.15) is 0 Å². The number of pyridine rings is 1. The Morgan fingerprint density at radius 1 is 1.23 bits per heavy atom. The maximum absolute atomic E-state index is 13.1. The number of amides is 1. The van der Waals surface area contributed by atoms with Crippen LogP contribution in [0.2, 0.25) is 0 Å². The highest BCUT2D eigenvalue weighted by atomic mass is 32.1. The average molecular weight is 313 g/mol. The number of aromatic nitrogens is 2. The molecule has 3 aromatic rings. The van der Waals surface area contributed by atoms with E-state index in [1.807, 2.05) is 6.92 Å². The van der Waals surface area contributed by atoms with E-state index in [4.69, 9.17) is 0 Å². The SMILES string of the molecule is Cc1nc(C(=O)Nc2cccnc2)c(-c2ccc(F)cc2)s1.